The molecule has 4 rings (SSSR count). The van der Waals surface area contributed by atoms with Crippen molar-refractivity contribution < 1.29 is 14.1 Å². The lowest BCUT2D eigenvalue weighted by atomic mass is 9.85. The van der Waals surface area contributed by atoms with Crippen LogP contribution in [0.5, 0.6) is 0 Å². The second-order valence-electron chi connectivity index (χ2n) is 6.76. The summed E-state index contributed by atoms with van der Waals surface area (Å²) >= 11 is 0. The van der Waals surface area contributed by atoms with Crippen molar-refractivity contribution in [1.82, 2.24) is 10.1 Å². The fourth-order valence-electron chi connectivity index (χ4n) is 2.99. The molecule has 0 bridgehead atoms. The predicted molar refractivity (Wildman–Crippen MR) is 101 cm³/mol. The molecule has 0 radical (unpaired) electrons. The van der Waals surface area contributed by atoms with Crippen molar-refractivity contribution in [2.45, 2.75) is 32.1 Å². The average molecular weight is 361 g/mol. The van der Waals surface area contributed by atoms with Crippen LogP contribution in [0.25, 0.3) is 11.4 Å². The molecule has 0 spiro atoms. The summed E-state index contributed by atoms with van der Waals surface area (Å²) in [5.74, 6) is 1.22. The summed E-state index contributed by atoms with van der Waals surface area (Å²) in [6.07, 6.45) is 3.37. The van der Waals surface area contributed by atoms with Crippen LogP contribution >= 0.6 is 0 Å². The molecule has 1 heterocycles. The monoisotopic (exact) mass is 361 g/mol. The van der Waals surface area contributed by atoms with Crippen molar-refractivity contribution in [1.29, 1.82) is 0 Å². The second-order valence-corrected chi connectivity index (χ2v) is 6.76. The highest BCUT2D eigenvalue weighted by Crippen LogP contribution is 2.36. The van der Waals surface area contributed by atoms with Crippen molar-refractivity contribution >= 4 is 17.4 Å². The lowest BCUT2D eigenvalue weighted by Crippen LogP contribution is -2.12. The van der Waals surface area contributed by atoms with Crippen molar-refractivity contribution in [3.05, 3.63) is 65.5 Å². The van der Waals surface area contributed by atoms with Gasteiger partial charge in [0.25, 0.3) is 5.91 Å². The van der Waals surface area contributed by atoms with Crippen LogP contribution in [0.15, 0.2) is 53.1 Å². The van der Waals surface area contributed by atoms with Gasteiger partial charge in [0.1, 0.15) is 0 Å². The van der Waals surface area contributed by atoms with Crippen LogP contribution in [0.3, 0.4) is 0 Å². The Kier molecular flexibility index (Phi) is 4.54. The lowest BCUT2D eigenvalue weighted by molar-refractivity contribution is 0.101. The third-order valence-electron chi connectivity index (χ3n) is 4.81. The fraction of sp³-hybridized carbons (Fsp3) is 0.238. The molecular weight excluding hydrogens is 342 g/mol. The predicted octanol–water partition coefficient (Wildman–Crippen LogP) is 4.46. The van der Waals surface area contributed by atoms with Crippen LogP contribution in [0, 0.1) is 0 Å². The Morgan fingerprint density at radius 2 is 1.85 bits per heavy atom. The van der Waals surface area contributed by atoms with Crippen LogP contribution in [0.1, 0.15) is 58.7 Å². The molecule has 1 aliphatic carbocycles. The number of amides is 1. The Labute approximate surface area is 156 Å². The maximum atomic E-state index is 12.6. The van der Waals surface area contributed by atoms with Gasteiger partial charge in [0.15, 0.2) is 5.78 Å². The van der Waals surface area contributed by atoms with Crippen LogP contribution in [0.4, 0.5) is 5.69 Å². The van der Waals surface area contributed by atoms with Gasteiger partial charge in [0.05, 0.1) is 0 Å². The third-order valence-corrected chi connectivity index (χ3v) is 4.81. The number of Topliss-reactive ketones (excluding diaryl/α,β-unsaturated/α-hetero) is 1. The number of anilines is 1. The van der Waals surface area contributed by atoms with Crippen LogP contribution in [0.2, 0.25) is 0 Å². The molecule has 1 N–H and O–H groups in total. The number of rotatable bonds is 5. The Bertz CT molecular complexity index is 1010. The molecule has 136 valence electrons. The van der Waals surface area contributed by atoms with Gasteiger partial charge >= 0.3 is 0 Å². The van der Waals surface area contributed by atoms with Crippen LogP contribution in [-0.2, 0) is 0 Å². The summed E-state index contributed by atoms with van der Waals surface area (Å²) in [5.41, 5.74) is 2.34. The average Bonchev–Trinajstić information content (AvgIpc) is 3.10. The van der Waals surface area contributed by atoms with Gasteiger partial charge in [0.2, 0.25) is 11.7 Å². The summed E-state index contributed by atoms with van der Waals surface area (Å²) in [5, 5.41) is 6.87. The molecule has 0 aliphatic heterocycles. The number of ketones is 1. The Hall–Kier alpha value is -3.28. The molecule has 0 unspecified atom stereocenters. The Morgan fingerprint density at radius 3 is 2.59 bits per heavy atom. The van der Waals surface area contributed by atoms with Crippen molar-refractivity contribution in [3.8, 4) is 11.4 Å². The molecule has 1 saturated carbocycles. The van der Waals surface area contributed by atoms with E-state index < -0.39 is 0 Å². The van der Waals surface area contributed by atoms with Gasteiger partial charge in [-0.05, 0) is 44.0 Å². The molecule has 27 heavy (non-hydrogen) atoms. The highest BCUT2D eigenvalue weighted by Gasteiger charge is 2.25. The minimum Gasteiger partial charge on any atom is -0.339 e. The first-order chi connectivity index (χ1) is 13.1. The first-order valence-electron chi connectivity index (χ1n) is 8.96. The minimum absolute atomic E-state index is 0.0486. The van der Waals surface area contributed by atoms with E-state index in [1.165, 1.54) is 13.3 Å². The van der Waals surface area contributed by atoms with Crippen molar-refractivity contribution in [2.24, 2.45) is 0 Å². The first kappa shape index (κ1) is 17.1. The number of benzene rings is 2. The number of hydrogen-bond acceptors (Lipinski definition) is 5. The standard InChI is InChI=1S/C21H19N3O3/c1-13(25)15-7-4-10-18(12-15)22-20(26)17-9-3-8-16(11-17)19-23-21(27-24-19)14-5-2-6-14/h3-4,7-12,14H,2,5-6H2,1H3,(H,22,26). The highest BCUT2D eigenvalue weighted by atomic mass is 16.5. The van der Waals surface area contributed by atoms with E-state index in [4.69, 9.17) is 4.52 Å². The Morgan fingerprint density at radius 1 is 1.07 bits per heavy atom. The van der Waals surface area contributed by atoms with E-state index in [9.17, 15) is 9.59 Å². The van der Waals surface area contributed by atoms with Crippen LogP contribution < -0.4 is 5.32 Å². The van der Waals surface area contributed by atoms with Crippen molar-refractivity contribution in [2.75, 3.05) is 5.32 Å². The van der Waals surface area contributed by atoms with E-state index in [0.29, 0.717) is 34.4 Å². The number of hydrogen-bond donors (Lipinski definition) is 1. The molecule has 6 heteroatoms. The minimum atomic E-state index is -0.264. The number of nitrogens with one attached hydrogen (secondary N) is 1. The maximum Gasteiger partial charge on any atom is 0.255 e. The van der Waals surface area contributed by atoms with Gasteiger partial charge in [-0.25, -0.2) is 0 Å². The first-order valence-corrected chi connectivity index (χ1v) is 8.96. The van der Waals surface area contributed by atoms with E-state index in [2.05, 4.69) is 15.5 Å². The molecule has 0 saturated heterocycles. The quantitative estimate of drug-likeness (QED) is 0.678. The fourth-order valence-corrected chi connectivity index (χ4v) is 2.99. The zero-order valence-corrected chi connectivity index (χ0v) is 14.9. The number of carbonyl (C=O) groups excluding carboxylic acids is 2. The lowest BCUT2D eigenvalue weighted by Gasteiger charge is -2.20. The number of aromatic nitrogens is 2. The smallest absolute Gasteiger partial charge is 0.255 e. The number of carbonyl (C=O) groups is 2. The molecule has 3 aromatic rings. The molecule has 1 aromatic heterocycles. The van der Waals surface area contributed by atoms with E-state index in [1.54, 1.807) is 42.5 Å². The molecule has 1 fully saturated rings. The van der Waals surface area contributed by atoms with Gasteiger partial charge in [0, 0.05) is 28.3 Å². The van der Waals surface area contributed by atoms with Crippen LogP contribution in [-0.4, -0.2) is 21.8 Å². The van der Waals surface area contributed by atoms with Gasteiger partial charge < -0.3 is 9.84 Å². The van der Waals surface area contributed by atoms with Gasteiger partial charge in [-0.1, -0.05) is 35.8 Å². The molecule has 6 nitrogen and oxygen atoms in total. The molecule has 0 atom stereocenters. The maximum absolute atomic E-state index is 12.6. The normalized spacial score (nSPS) is 13.8. The molecular formula is C21H19N3O3. The molecule has 1 aliphatic rings. The topological polar surface area (TPSA) is 85.1 Å². The largest absolute Gasteiger partial charge is 0.339 e. The molecule has 1 amide bonds. The van der Waals surface area contributed by atoms with Gasteiger partial charge in [-0.2, -0.15) is 4.98 Å². The summed E-state index contributed by atoms with van der Waals surface area (Å²) in [7, 11) is 0. The third kappa shape index (κ3) is 3.65. The molecule has 2 aromatic carbocycles. The summed E-state index contributed by atoms with van der Waals surface area (Å²) in [4.78, 5) is 28.6. The van der Waals surface area contributed by atoms with E-state index in [0.717, 1.165) is 18.4 Å². The van der Waals surface area contributed by atoms with Crippen molar-refractivity contribution in [3.63, 3.8) is 0 Å². The number of nitrogens with zero attached hydrogens (tertiary/aromatic N) is 2. The van der Waals surface area contributed by atoms with Gasteiger partial charge in [-0.15, -0.1) is 0 Å². The zero-order valence-electron chi connectivity index (χ0n) is 14.9. The van der Waals surface area contributed by atoms with E-state index in [1.807, 2.05) is 6.07 Å². The summed E-state index contributed by atoms with van der Waals surface area (Å²) in [6, 6.07) is 14.0. The van der Waals surface area contributed by atoms with E-state index >= 15 is 0 Å². The highest BCUT2D eigenvalue weighted by molar-refractivity contribution is 6.05. The summed E-state index contributed by atoms with van der Waals surface area (Å²) < 4.78 is 5.36. The van der Waals surface area contributed by atoms with Gasteiger partial charge in [-0.3, -0.25) is 9.59 Å². The van der Waals surface area contributed by atoms with E-state index in [-0.39, 0.29) is 11.7 Å². The SMILES string of the molecule is CC(=O)c1cccc(NC(=O)c2cccc(-c3noc(C4CCC4)n3)c2)c1. The second kappa shape index (κ2) is 7.15. The zero-order chi connectivity index (χ0) is 18.8. The Balaban J connectivity index is 1.53. The summed E-state index contributed by atoms with van der Waals surface area (Å²) in [6.45, 7) is 1.49.